The predicted molar refractivity (Wildman–Crippen MR) is 121 cm³/mol. The fourth-order valence-corrected chi connectivity index (χ4v) is 6.66. The molecule has 0 aliphatic carbocycles. The number of carbonyl (C=O) groups is 1. The molecule has 0 spiro atoms. The van der Waals surface area contributed by atoms with Gasteiger partial charge in [0.25, 0.3) is 5.91 Å². The van der Waals surface area contributed by atoms with E-state index in [1.54, 1.807) is 0 Å². The molecule has 2 saturated heterocycles. The fourth-order valence-electron chi connectivity index (χ4n) is 3.77. The maximum absolute atomic E-state index is 12.3. The third kappa shape index (κ3) is 6.33. The number of nitrogens with zero attached hydrogens (tertiary/aromatic N) is 1. The Labute approximate surface area is 178 Å². The molecule has 2 aliphatic rings. The van der Waals surface area contributed by atoms with E-state index in [9.17, 15) is 4.79 Å². The number of hydrogen-bond acceptors (Lipinski definition) is 5. The van der Waals surface area contributed by atoms with Crippen molar-refractivity contribution in [1.29, 1.82) is 0 Å². The number of carbonyl (C=O) groups excluding carboxylic acids is 1. The molecule has 0 saturated carbocycles. The van der Waals surface area contributed by atoms with E-state index in [2.05, 4.69) is 43.1 Å². The number of amides is 1. The van der Waals surface area contributed by atoms with Crippen molar-refractivity contribution in [2.24, 2.45) is 5.92 Å². The summed E-state index contributed by atoms with van der Waals surface area (Å²) in [5.41, 5.74) is 1.31. The normalized spacial score (nSPS) is 22.0. The largest absolute Gasteiger partial charge is 0.484 e. The van der Waals surface area contributed by atoms with Gasteiger partial charge in [-0.15, -0.1) is 23.5 Å². The molecule has 2 aliphatic heterocycles. The van der Waals surface area contributed by atoms with Gasteiger partial charge in [0.05, 0.1) is 4.58 Å². The lowest BCUT2D eigenvalue weighted by Gasteiger charge is -2.43. The molecule has 1 unspecified atom stereocenters. The van der Waals surface area contributed by atoms with E-state index >= 15 is 0 Å². The van der Waals surface area contributed by atoms with Crippen LogP contribution in [0.1, 0.15) is 50.2 Å². The summed E-state index contributed by atoms with van der Waals surface area (Å²) in [4.78, 5) is 14.8. The first-order valence-corrected chi connectivity index (χ1v) is 12.5. The van der Waals surface area contributed by atoms with Crippen molar-refractivity contribution in [2.75, 3.05) is 37.7 Å². The van der Waals surface area contributed by atoms with Crippen molar-refractivity contribution in [1.82, 2.24) is 10.2 Å². The molecule has 1 N–H and O–H groups in total. The monoisotopic (exact) mass is 422 g/mol. The molecule has 0 aromatic heterocycles. The van der Waals surface area contributed by atoms with Crippen LogP contribution in [-0.2, 0) is 4.79 Å². The summed E-state index contributed by atoms with van der Waals surface area (Å²) in [6, 6.07) is 8.22. The number of thioether (sulfide) groups is 2. The second-order valence-electron chi connectivity index (χ2n) is 8.57. The number of piperidine rings is 1. The van der Waals surface area contributed by atoms with E-state index in [0.29, 0.717) is 11.1 Å². The van der Waals surface area contributed by atoms with Crippen LogP contribution in [0, 0.1) is 5.92 Å². The van der Waals surface area contributed by atoms with E-state index in [1.807, 2.05) is 35.7 Å². The van der Waals surface area contributed by atoms with E-state index in [1.165, 1.54) is 36.3 Å². The highest BCUT2D eigenvalue weighted by Crippen LogP contribution is 2.43. The molecule has 2 fully saturated rings. The van der Waals surface area contributed by atoms with Gasteiger partial charge in [-0.1, -0.05) is 19.1 Å². The highest BCUT2D eigenvalue weighted by molar-refractivity contribution is 8.16. The highest BCUT2D eigenvalue weighted by Gasteiger charge is 2.30. The second-order valence-corrected chi connectivity index (χ2v) is 11.3. The Bertz CT molecular complexity index is 630. The minimum absolute atomic E-state index is 0.0265. The molecule has 4 nitrogen and oxygen atoms in total. The maximum Gasteiger partial charge on any atom is 0.258 e. The summed E-state index contributed by atoms with van der Waals surface area (Å²) < 4.78 is 6.23. The van der Waals surface area contributed by atoms with Crippen molar-refractivity contribution in [3.05, 3.63) is 29.8 Å². The van der Waals surface area contributed by atoms with Crippen molar-refractivity contribution < 1.29 is 9.53 Å². The molecule has 1 aromatic carbocycles. The lowest BCUT2D eigenvalue weighted by atomic mass is 9.93. The van der Waals surface area contributed by atoms with Gasteiger partial charge in [0.1, 0.15) is 5.75 Å². The Balaban J connectivity index is 1.41. The molecule has 1 atom stereocenters. The van der Waals surface area contributed by atoms with Crippen molar-refractivity contribution in [3.8, 4) is 5.75 Å². The predicted octanol–water partition coefficient (Wildman–Crippen LogP) is 4.56. The first kappa shape index (κ1) is 21.8. The van der Waals surface area contributed by atoms with Crippen LogP contribution in [0.15, 0.2) is 24.3 Å². The van der Waals surface area contributed by atoms with Crippen LogP contribution in [0.3, 0.4) is 0 Å². The van der Waals surface area contributed by atoms with E-state index in [0.717, 1.165) is 24.8 Å². The smallest absolute Gasteiger partial charge is 0.258 e. The number of likely N-dealkylation sites (tertiary alicyclic amines) is 1. The number of benzene rings is 1. The highest BCUT2D eigenvalue weighted by atomic mass is 32.2. The molecular weight excluding hydrogens is 388 g/mol. The van der Waals surface area contributed by atoms with Gasteiger partial charge in [-0.2, -0.15) is 0 Å². The summed E-state index contributed by atoms with van der Waals surface area (Å²) >= 11 is 4.03. The molecule has 1 amide bonds. The van der Waals surface area contributed by atoms with Gasteiger partial charge < -0.3 is 10.1 Å². The van der Waals surface area contributed by atoms with Crippen LogP contribution >= 0.6 is 23.5 Å². The van der Waals surface area contributed by atoms with Crippen LogP contribution < -0.4 is 10.1 Å². The molecule has 3 rings (SSSR count). The number of nitrogens with one attached hydrogen (secondary N) is 1. The number of rotatable bonds is 7. The van der Waals surface area contributed by atoms with Crippen LogP contribution in [0.25, 0.3) is 0 Å². The number of hydrogen-bond donors (Lipinski definition) is 1. The zero-order valence-electron chi connectivity index (χ0n) is 17.4. The summed E-state index contributed by atoms with van der Waals surface area (Å²) in [6.07, 6.45) is 3.86. The Kier molecular flexibility index (Phi) is 8.01. The van der Waals surface area contributed by atoms with Gasteiger partial charge in [-0.05, 0) is 74.8 Å². The Morgan fingerprint density at radius 3 is 2.61 bits per heavy atom. The molecule has 28 heavy (non-hydrogen) atoms. The fraction of sp³-hybridized carbons (Fsp3) is 0.682. The average molecular weight is 423 g/mol. The van der Waals surface area contributed by atoms with Gasteiger partial charge in [-0.25, -0.2) is 0 Å². The molecule has 6 heteroatoms. The van der Waals surface area contributed by atoms with Gasteiger partial charge in [0.15, 0.2) is 6.61 Å². The van der Waals surface area contributed by atoms with Gasteiger partial charge in [0.2, 0.25) is 0 Å². The third-order valence-corrected chi connectivity index (χ3v) is 8.60. The lowest BCUT2D eigenvalue weighted by molar-refractivity contribution is -0.123. The topological polar surface area (TPSA) is 41.6 Å². The molecular formula is C22H34N2O2S2. The standard InChI is InChI=1S/C22H34N2O2S2/c1-17-6-4-11-24(14-17)22(2,3)16-23-20(25)15-26-19-9-7-18(8-10-19)21-27-12-5-13-28-21/h7-10,17,21H,4-6,11-16H2,1-3H3,(H,23,25). The molecule has 2 heterocycles. The first-order chi connectivity index (χ1) is 13.4. The molecule has 0 bridgehead atoms. The Morgan fingerprint density at radius 2 is 1.93 bits per heavy atom. The Morgan fingerprint density at radius 1 is 1.21 bits per heavy atom. The quantitative estimate of drug-likeness (QED) is 0.698. The van der Waals surface area contributed by atoms with Crippen molar-refractivity contribution in [2.45, 2.75) is 50.2 Å². The van der Waals surface area contributed by atoms with Crippen LogP contribution in [0.5, 0.6) is 5.75 Å². The first-order valence-electron chi connectivity index (χ1n) is 10.4. The maximum atomic E-state index is 12.3. The summed E-state index contributed by atoms with van der Waals surface area (Å²) in [5, 5.41) is 3.06. The van der Waals surface area contributed by atoms with Gasteiger partial charge >= 0.3 is 0 Å². The molecule has 0 radical (unpaired) electrons. The van der Waals surface area contributed by atoms with E-state index in [-0.39, 0.29) is 18.1 Å². The third-order valence-electron chi connectivity index (χ3n) is 5.58. The zero-order valence-corrected chi connectivity index (χ0v) is 19.0. The molecule has 156 valence electrons. The summed E-state index contributed by atoms with van der Waals surface area (Å²) in [5.74, 6) is 3.92. The lowest BCUT2D eigenvalue weighted by Crippen LogP contribution is -2.55. The van der Waals surface area contributed by atoms with Crippen LogP contribution in [0.2, 0.25) is 0 Å². The van der Waals surface area contributed by atoms with Crippen LogP contribution in [-0.4, -0.2) is 54.1 Å². The Hall–Kier alpha value is -0.850. The molecule has 1 aromatic rings. The van der Waals surface area contributed by atoms with E-state index in [4.69, 9.17) is 4.74 Å². The number of ether oxygens (including phenoxy) is 1. The minimum Gasteiger partial charge on any atom is -0.484 e. The second kappa shape index (κ2) is 10.3. The average Bonchev–Trinajstić information content (AvgIpc) is 2.72. The van der Waals surface area contributed by atoms with Gasteiger partial charge in [0, 0.05) is 18.6 Å². The van der Waals surface area contributed by atoms with Gasteiger partial charge in [-0.3, -0.25) is 9.69 Å². The summed E-state index contributed by atoms with van der Waals surface area (Å²) in [6.45, 7) is 9.69. The minimum atomic E-state index is -0.0550. The SMILES string of the molecule is CC1CCCN(C(C)(C)CNC(=O)COc2ccc(C3SCCCS3)cc2)C1. The summed E-state index contributed by atoms with van der Waals surface area (Å²) in [7, 11) is 0. The van der Waals surface area contributed by atoms with Crippen LogP contribution in [0.4, 0.5) is 0 Å². The van der Waals surface area contributed by atoms with Crippen molar-refractivity contribution >= 4 is 29.4 Å². The van der Waals surface area contributed by atoms with E-state index < -0.39 is 0 Å². The zero-order chi connectivity index (χ0) is 20.0. The van der Waals surface area contributed by atoms with Crippen molar-refractivity contribution in [3.63, 3.8) is 0 Å².